The van der Waals surface area contributed by atoms with Crippen molar-refractivity contribution in [2.75, 3.05) is 4.90 Å². The van der Waals surface area contributed by atoms with Crippen LogP contribution in [0.2, 0.25) is 0 Å². The van der Waals surface area contributed by atoms with Crippen LogP contribution in [0, 0.1) is 0 Å². The van der Waals surface area contributed by atoms with Gasteiger partial charge in [0.2, 0.25) is 0 Å². The molecule has 11 rings (SSSR count). The minimum absolute atomic E-state index is 0.124. The van der Waals surface area contributed by atoms with Gasteiger partial charge in [0.25, 0.3) is 0 Å². The molecule has 1 nitrogen and oxygen atoms in total. The topological polar surface area (TPSA) is 3.24 Å². The van der Waals surface area contributed by atoms with Gasteiger partial charge in [-0.25, -0.2) is 0 Å². The molecule has 0 aliphatic heterocycles. The SMILES string of the molecule is CC1(C)c2ccccc2-c2ccc(N(c3ccc4c(c3)C(C)(C)c3ccccc3-4)c3cccc4c3-c3ccccc3Cc3ccccc3-c3ccccc3C4)cc21. The molecule has 0 heterocycles. The molecule has 0 fully saturated rings. The molecule has 0 N–H and O–H groups in total. The van der Waals surface area contributed by atoms with Gasteiger partial charge in [0.1, 0.15) is 0 Å². The van der Waals surface area contributed by atoms with Crippen LogP contribution >= 0.6 is 0 Å². The lowest BCUT2D eigenvalue weighted by molar-refractivity contribution is 0.660. The fourth-order valence-corrected chi connectivity index (χ4v) is 10.5. The Morgan fingerprint density at radius 1 is 0.333 bits per heavy atom. The van der Waals surface area contributed by atoms with Crippen molar-refractivity contribution in [1.29, 1.82) is 0 Å². The highest BCUT2D eigenvalue weighted by molar-refractivity contribution is 5.94. The van der Waals surface area contributed by atoms with Crippen molar-refractivity contribution in [2.45, 2.75) is 51.4 Å². The van der Waals surface area contributed by atoms with E-state index in [4.69, 9.17) is 0 Å². The maximum absolute atomic E-state index is 2.57. The summed E-state index contributed by atoms with van der Waals surface area (Å²) in [6, 6.07) is 66.5. The molecule has 0 spiro atoms. The summed E-state index contributed by atoms with van der Waals surface area (Å²) in [6.07, 6.45) is 1.68. The standard InChI is InChI=1S/C56H45N/c1-55(2)49-25-13-11-23-45(49)47-30-28-40(34-51(47)55)57(41-29-31-48-46-24-12-14-26-50(46)56(3,4)52(48)35-41)53-27-15-19-39-33-37-17-6-9-21-43(37)42-20-8-5-16-36(42)32-38-18-7-10-22-44(38)54(39)53/h5-31,34-35H,32-33H2,1-4H3. The zero-order chi connectivity index (χ0) is 38.5. The number of fused-ring (bicyclic) bond motifs is 12. The summed E-state index contributed by atoms with van der Waals surface area (Å²) in [7, 11) is 0. The Labute approximate surface area is 336 Å². The van der Waals surface area contributed by atoms with Crippen LogP contribution in [0.4, 0.5) is 17.1 Å². The minimum atomic E-state index is -0.124. The van der Waals surface area contributed by atoms with Gasteiger partial charge in [-0.15, -0.1) is 0 Å². The van der Waals surface area contributed by atoms with Gasteiger partial charge >= 0.3 is 0 Å². The summed E-state index contributed by atoms with van der Waals surface area (Å²) in [6.45, 7) is 9.54. The van der Waals surface area contributed by atoms with E-state index < -0.39 is 0 Å². The average molecular weight is 732 g/mol. The van der Waals surface area contributed by atoms with Crippen LogP contribution in [0.25, 0.3) is 44.5 Å². The van der Waals surface area contributed by atoms with E-state index in [0.717, 1.165) is 12.8 Å². The first-order valence-electron chi connectivity index (χ1n) is 20.4. The Kier molecular flexibility index (Phi) is 7.45. The van der Waals surface area contributed by atoms with Crippen LogP contribution < -0.4 is 4.90 Å². The molecule has 8 aromatic carbocycles. The van der Waals surface area contributed by atoms with Crippen LogP contribution in [0.15, 0.2) is 176 Å². The molecule has 0 unspecified atom stereocenters. The van der Waals surface area contributed by atoms with Gasteiger partial charge in [0.15, 0.2) is 0 Å². The molecule has 1 heteroatoms. The maximum Gasteiger partial charge on any atom is 0.0543 e. The quantitative estimate of drug-likeness (QED) is 0.175. The summed E-state index contributed by atoms with van der Waals surface area (Å²) in [5.41, 5.74) is 24.8. The first-order chi connectivity index (χ1) is 27.8. The average Bonchev–Trinajstić information content (AvgIpc) is 3.61. The van der Waals surface area contributed by atoms with E-state index in [2.05, 4.69) is 209 Å². The number of anilines is 3. The molecule has 57 heavy (non-hydrogen) atoms. The number of hydrogen-bond acceptors (Lipinski definition) is 1. The Hall–Kier alpha value is -6.44. The number of nitrogens with zero attached hydrogens (tertiary/aromatic N) is 1. The molecule has 0 amide bonds. The van der Waals surface area contributed by atoms with Crippen LogP contribution in [0.1, 0.15) is 72.2 Å². The van der Waals surface area contributed by atoms with Crippen molar-refractivity contribution >= 4 is 17.1 Å². The molecule has 0 atom stereocenters. The second-order valence-corrected chi connectivity index (χ2v) is 17.3. The highest BCUT2D eigenvalue weighted by Crippen LogP contribution is 2.54. The van der Waals surface area contributed by atoms with E-state index >= 15 is 0 Å². The zero-order valence-electron chi connectivity index (χ0n) is 33.1. The third-order valence-corrected chi connectivity index (χ3v) is 13.4. The van der Waals surface area contributed by atoms with Crippen molar-refractivity contribution in [2.24, 2.45) is 0 Å². The maximum atomic E-state index is 2.57. The number of benzene rings is 8. The van der Waals surface area contributed by atoms with Gasteiger partial charge in [-0.1, -0.05) is 173 Å². The molecule has 3 aliphatic rings. The Morgan fingerprint density at radius 2 is 0.719 bits per heavy atom. The van der Waals surface area contributed by atoms with Gasteiger partial charge in [-0.3, -0.25) is 0 Å². The molecule has 0 radical (unpaired) electrons. The van der Waals surface area contributed by atoms with Crippen molar-refractivity contribution in [1.82, 2.24) is 0 Å². The first-order valence-corrected chi connectivity index (χ1v) is 20.4. The van der Waals surface area contributed by atoms with E-state index in [1.807, 2.05) is 0 Å². The second kappa shape index (κ2) is 12.5. The normalized spacial score (nSPS) is 14.8. The predicted octanol–water partition coefficient (Wildman–Crippen LogP) is 14.6. The lowest BCUT2D eigenvalue weighted by atomic mass is 9.81. The minimum Gasteiger partial charge on any atom is -0.310 e. The lowest BCUT2D eigenvalue weighted by Crippen LogP contribution is -2.18. The number of hydrogen-bond donors (Lipinski definition) is 0. The van der Waals surface area contributed by atoms with Gasteiger partial charge < -0.3 is 4.90 Å². The monoisotopic (exact) mass is 731 g/mol. The van der Waals surface area contributed by atoms with Crippen LogP contribution in [0.5, 0.6) is 0 Å². The summed E-state index contributed by atoms with van der Waals surface area (Å²) in [4.78, 5) is 2.57. The van der Waals surface area contributed by atoms with E-state index in [0.29, 0.717) is 0 Å². The van der Waals surface area contributed by atoms with Crippen molar-refractivity contribution in [3.8, 4) is 44.5 Å². The van der Waals surface area contributed by atoms with Crippen LogP contribution in [0.3, 0.4) is 0 Å². The Bertz CT molecular complexity index is 2820. The summed E-state index contributed by atoms with van der Waals surface area (Å²) >= 11 is 0. The Morgan fingerprint density at radius 3 is 1.25 bits per heavy atom. The van der Waals surface area contributed by atoms with E-state index in [1.54, 1.807) is 0 Å². The van der Waals surface area contributed by atoms with Crippen molar-refractivity contribution in [3.05, 3.63) is 220 Å². The molecule has 3 aliphatic carbocycles. The van der Waals surface area contributed by atoms with Crippen LogP contribution in [-0.2, 0) is 23.7 Å². The molecular formula is C56H45N. The third kappa shape index (κ3) is 5.08. The zero-order valence-corrected chi connectivity index (χ0v) is 33.1. The lowest BCUT2D eigenvalue weighted by Gasteiger charge is -2.32. The molecular weight excluding hydrogens is 687 g/mol. The summed E-state index contributed by atoms with van der Waals surface area (Å²) in [5, 5.41) is 0. The van der Waals surface area contributed by atoms with E-state index in [1.165, 1.54) is 106 Å². The summed E-state index contributed by atoms with van der Waals surface area (Å²) < 4.78 is 0. The number of rotatable bonds is 3. The molecule has 0 saturated heterocycles. The largest absolute Gasteiger partial charge is 0.310 e. The smallest absolute Gasteiger partial charge is 0.0543 e. The molecule has 274 valence electrons. The summed E-state index contributed by atoms with van der Waals surface area (Å²) in [5.74, 6) is 0. The van der Waals surface area contributed by atoms with Gasteiger partial charge in [0, 0.05) is 27.8 Å². The molecule has 0 aromatic heterocycles. The predicted molar refractivity (Wildman–Crippen MR) is 239 cm³/mol. The molecule has 8 aromatic rings. The van der Waals surface area contributed by atoms with Crippen LogP contribution in [-0.4, -0.2) is 0 Å². The third-order valence-electron chi connectivity index (χ3n) is 13.4. The highest BCUT2D eigenvalue weighted by Gasteiger charge is 2.38. The fourth-order valence-electron chi connectivity index (χ4n) is 10.5. The van der Waals surface area contributed by atoms with E-state index in [9.17, 15) is 0 Å². The Balaban J connectivity index is 1.19. The van der Waals surface area contributed by atoms with Crippen molar-refractivity contribution in [3.63, 3.8) is 0 Å². The first kappa shape index (κ1) is 33.9. The molecule has 0 bridgehead atoms. The van der Waals surface area contributed by atoms with Crippen molar-refractivity contribution < 1.29 is 0 Å². The van der Waals surface area contributed by atoms with Gasteiger partial charge in [0.05, 0.1) is 5.69 Å². The fraction of sp³-hybridized carbons (Fsp3) is 0.143. The highest BCUT2D eigenvalue weighted by atomic mass is 15.1. The van der Waals surface area contributed by atoms with Gasteiger partial charge in [-0.05, 0) is 127 Å². The second-order valence-electron chi connectivity index (χ2n) is 17.3. The molecule has 0 saturated carbocycles. The van der Waals surface area contributed by atoms with E-state index in [-0.39, 0.29) is 10.8 Å². The van der Waals surface area contributed by atoms with Gasteiger partial charge in [-0.2, -0.15) is 0 Å².